The van der Waals surface area contributed by atoms with Crippen molar-refractivity contribution in [2.45, 2.75) is 45.4 Å². The van der Waals surface area contributed by atoms with E-state index in [9.17, 15) is 4.79 Å². The molecule has 0 spiro atoms. The summed E-state index contributed by atoms with van der Waals surface area (Å²) in [7, 11) is 0. The van der Waals surface area contributed by atoms with Gasteiger partial charge in [0.05, 0.1) is 6.54 Å². The number of hydrogen-bond donors (Lipinski definition) is 3. The van der Waals surface area contributed by atoms with E-state index < -0.39 is 0 Å². The van der Waals surface area contributed by atoms with Crippen LogP contribution in [0.5, 0.6) is 0 Å². The Morgan fingerprint density at radius 1 is 1.17 bits per heavy atom. The third-order valence-corrected chi connectivity index (χ3v) is 5.40. The second-order valence-corrected chi connectivity index (χ2v) is 8.37. The molecule has 3 rings (SSSR count). The number of benzene rings is 2. The highest BCUT2D eigenvalue weighted by Gasteiger charge is 2.25. The van der Waals surface area contributed by atoms with Crippen LogP contribution in [0.4, 0.5) is 5.69 Å². The number of aryl methyl sites for hydroxylation is 1. The van der Waals surface area contributed by atoms with E-state index in [0.29, 0.717) is 19.5 Å². The fraction of sp³-hybridized carbons (Fsp3) is 0.417. The van der Waals surface area contributed by atoms with Gasteiger partial charge in [0.1, 0.15) is 0 Å². The summed E-state index contributed by atoms with van der Waals surface area (Å²) >= 11 is 0. The first-order chi connectivity index (χ1) is 13.9. The largest absolute Gasteiger partial charge is 0.357 e. The number of carbonyl (C=O) groups excluding carboxylic acids is 1. The normalized spacial score (nSPS) is 16.8. The third-order valence-electron chi connectivity index (χ3n) is 5.40. The molecule has 1 amide bonds. The van der Waals surface area contributed by atoms with Gasteiger partial charge in [-0.05, 0) is 31.0 Å². The molecule has 5 nitrogen and oxygen atoms in total. The first-order valence-electron chi connectivity index (χ1n) is 10.4. The summed E-state index contributed by atoms with van der Waals surface area (Å²) in [5.74, 6) is 0.989. The molecule has 0 bridgehead atoms. The second kappa shape index (κ2) is 9.12. The Balaban J connectivity index is 1.69. The van der Waals surface area contributed by atoms with Crippen molar-refractivity contribution in [1.29, 1.82) is 0 Å². The fourth-order valence-corrected chi connectivity index (χ4v) is 3.68. The predicted molar refractivity (Wildman–Crippen MR) is 121 cm³/mol. The maximum absolute atomic E-state index is 12.1. The number of guanidine groups is 1. The maximum atomic E-state index is 12.1. The molecule has 0 saturated carbocycles. The summed E-state index contributed by atoms with van der Waals surface area (Å²) in [6.07, 6.45) is 0.484. The number of para-hydroxylation sites is 1. The molecule has 5 heteroatoms. The monoisotopic (exact) mass is 392 g/mol. The molecule has 1 heterocycles. The van der Waals surface area contributed by atoms with Crippen LogP contribution in [0.1, 0.15) is 49.8 Å². The van der Waals surface area contributed by atoms with Gasteiger partial charge in [0, 0.05) is 36.5 Å². The van der Waals surface area contributed by atoms with E-state index in [2.05, 4.69) is 74.0 Å². The number of rotatable bonds is 6. The quantitative estimate of drug-likeness (QED) is 0.515. The van der Waals surface area contributed by atoms with E-state index in [4.69, 9.17) is 4.99 Å². The van der Waals surface area contributed by atoms with Crippen molar-refractivity contribution >= 4 is 17.6 Å². The highest BCUT2D eigenvalue weighted by Crippen LogP contribution is 2.31. The van der Waals surface area contributed by atoms with Gasteiger partial charge in [0.15, 0.2) is 5.96 Å². The molecule has 1 unspecified atom stereocenters. The van der Waals surface area contributed by atoms with Crippen molar-refractivity contribution in [2.75, 3.05) is 25.0 Å². The van der Waals surface area contributed by atoms with Gasteiger partial charge in [0.25, 0.3) is 0 Å². The molecule has 2 aromatic rings. The van der Waals surface area contributed by atoms with Crippen LogP contribution in [0, 0.1) is 6.92 Å². The zero-order valence-corrected chi connectivity index (χ0v) is 17.9. The summed E-state index contributed by atoms with van der Waals surface area (Å²) in [5, 5.41) is 9.74. The molecule has 0 saturated heterocycles. The lowest BCUT2D eigenvalue weighted by atomic mass is 9.84. The fourth-order valence-electron chi connectivity index (χ4n) is 3.68. The maximum Gasteiger partial charge on any atom is 0.225 e. The third kappa shape index (κ3) is 5.37. The highest BCUT2D eigenvalue weighted by molar-refractivity contribution is 5.94. The van der Waals surface area contributed by atoms with Crippen LogP contribution in [0.3, 0.4) is 0 Å². The molecular formula is C24H32N4O. The van der Waals surface area contributed by atoms with E-state index in [0.717, 1.165) is 18.2 Å². The van der Waals surface area contributed by atoms with Gasteiger partial charge in [-0.1, -0.05) is 61.9 Å². The summed E-state index contributed by atoms with van der Waals surface area (Å²) in [6, 6.07) is 16.6. The Morgan fingerprint density at radius 2 is 1.97 bits per heavy atom. The van der Waals surface area contributed by atoms with E-state index in [-0.39, 0.29) is 17.2 Å². The minimum atomic E-state index is -0.0638. The van der Waals surface area contributed by atoms with Crippen LogP contribution in [-0.4, -0.2) is 31.5 Å². The number of amides is 1. The highest BCUT2D eigenvalue weighted by atomic mass is 16.1. The SMILES string of the molecule is CCNC(=NCC(C)(C)c1cccc(C)c1)NCC1CC(=O)Nc2ccccc21. The van der Waals surface area contributed by atoms with Crippen molar-refractivity contribution in [2.24, 2.45) is 4.99 Å². The van der Waals surface area contributed by atoms with Gasteiger partial charge < -0.3 is 16.0 Å². The van der Waals surface area contributed by atoms with E-state index in [1.807, 2.05) is 18.2 Å². The Morgan fingerprint density at radius 3 is 2.72 bits per heavy atom. The molecule has 29 heavy (non-hydrogen) atoms. The van der Waals surface area contributed by atoms with E-state index >= 15 is 0 Å². The average Bonchev–Trinajstić information content (AvgIpc) is 2.69. The molecule has 2 aromatic carbocycles. The number of nitrogens with zero attached hydrogens (tertiary/aromatic N) is 1. The van der Waals surface area contributed by atoms with Crippen LogP contribution in [0.25, 0.3) is 0 Å². The first kappa shape index (κ1) is 20.9. The van der Waals surface area contributed by atoms with E-state index in [1.54, 1.807) is 0 Å². The van der Waals surface area contributed by atoms with Crippen molar-refractivity contribution in [1.82, 2.24) is 10.6 Å². The van der Waals surface area contributed by atoms with Crippen LogP contribution in [-0.2, 0) is 10.2 Å². The molecule has 1 atom stereocenters. The predicted octanol–water partition coefficient (Wildman–Crippen LogP) is 3.95. The zero-order valence-electron chi connectivity index (χ0n) is 17.9. The molecule has 1 aliphatic heterocycles. The van der Waals surface area contributed by atoms with Crippen molar-refractivity contribution in [3.8, 4) is 0 Å². The van der Waals surface area contributed by atoms with Gasteiger partial charge in [0.2, 0.25) is 5.91 Å². The smallest absolute Gasteiger partial charge is 0.225 e. The molecule has 3 N–H and O–H groups in total. The van der Waals surface area contributed by atoms with Crippen molar-refractivity contribution in [3.63, 3.8) is 0 Å². The number of carbonyl (C=O) groups is 1. The lowest BCUT2D eigenvalue weighted by Crippen LogP contribution is -2.41. The molecule has 1 aliphatic rings. The minimum absolute atomic E-state index is 0.0638. The van der Waals surface area contributed by atoms with Gasteiger partial charge in [-0.25, -0.2) is 0 Å². The second-order valence-electron chi connectivity index (χ2n) is 8.37. The molecule has 0 aromatic heterocycles. The Kier molecular flexibility index (Phi) is 6.57. The van der Waals surface area contributed by atoms with Crippen LogP contribution in [0.15, 0.2) is 53.5 Å². The molecule has 154 valence electrons. The summed E-state index contributed by atoms with van der Waals surface area (Å²) in [6.45, 7) is 10.7. The lowest BCUT2D eigenvalue weighted by molar-refractivity contribution is -0.116. The minimum Gasteiger partial charge on any atom is -0.357 e. The van der Waals surface area contributed by atoms with Crippen LogP contribution >= 0.6 is 0 Å². The first-order valence-corrected chi connectivity index (χ1v) is 10.4. The number of hydrogen-bond acceptors (Lipinski definition) is 2. The lowest BCUT2D eigenvalue weighted by Gasteiger charge is -2.27. The van der Waals surface area contributed by atoms with Gasteiger partial charge in [-0.2, -0.15) is 0 Å². The topological polar surface area (TPSA) is 65.5 Å². The van der Waals surface area contributed by atoms with Crippen molar-refractivity contribution in [3.05, 3.63) is 65.2 Å². The standard InChI is InChI=1S/C24H32N4O/c1-5-25-23(27-16-24(3,4)19-10-8-9-17(2)13-19)26-15-18-14-22(29)28-21-12-7-6-11-20(18)21/h6-13,18H,5,14-16H2,1-4H3,(H,28,29)(H2,25,26,27). The molecule has 0 aliphatic carbocycles. The van der Waals surface area contributed by atoms with Gasteiger partial charge in [-0.15, -0.1) is 0 Å². The van der Waals surface area contributed by atoms with E-state index in [1.165, 1.54) is 16.7 Å². The summed E-state index contributed by atoms with van der Waals surface area (Å²) in [5.41, 5.74) is 4.58. The summed E-state index contributed by atoms with van der Waals surface area (Å²) < 4.78 is 0. The number of fused-ring (bicyclic) bond motifs is 1. The van der Waals surface area contributed by atoms with Gasteiger partial charge >= 0.3 is 0 Å². The van der Waals surface area contributed by atoms with Gasteiger partial charge in [-0.3, -0.25) is 9.79 Å². The van der Waals surface area contributed by atoms with Crippen LogP contribution < -0.4 is 16.0 Å². The Labute approximate surface area is 174 Å². The Hall–Kier alpha value is -2.82. The number of anilines is 1. The average molecular weight is 393 g/mol. The molecular weight excluding hydrogens is 360 g/mol. The number of nitrogens with one attached hydrogen (secondary N) is 3. The summed E-state index contributed by atoms with van der Waals surface area (Å²) in [4.78, 5) is 16.9. The molecule has 0 fully saturated rings. The Bertz CT molecular complexity index is 888. The number of aliphatic imine (C=N–C) groups is 1. The van der Waals surface area contributed by atoms with Crippen LogP contribution in [0.2, 0.25) is 0 Å². The van der Waals surface area contributed by atoms with Crippen molar-refractivity contribution < 1.29 is 4.79 Å². The molecule has 0 radical (unpaired) electrons. The zero-order chi connectivity index (χ0) is 20.9.